The lowest BCUT2D eigenvalue weighted by Gasteiger charge is -2.58. The van der Waals surface area contributed by atoms with E-state index >= 15 is 0 Å². The summed E-state index contributed by atoms with van der Waals surface area (Å²) in [5, 5.41) is 7.69. The number of hydrogen-bond acceptors (Lipinski definition) is 6. The van der Waals surface area contributed by atoms with Crippen molar-refractivity contribution in [3.05, 3.63) is 0 Å². The fourth-order valence-corrected chi connectivity index (χ4v) is 9.80. The van der Waals surface area contributed by atoms with Crippen LogP contribution >= 0.6 is 0 Å². The first kappa shape index (κ1) is 21.8. The van der Waals surface area contributed by atoms with Gasteiger partial charge in [-0.15, -0.1) is 0 Å². The summed E-state index contributed by atoms with van der Waals surface area (Å²) in [7, 11) is 0. The van der Waals surface area contributed by atoms with Gasteiger partial charge in [0.15, 0.2) is 0 Å². The molecule has 184 valence electrons. The van der Waals surface area contributed by atoms with Gasteiger partial charge in [-0.2, -0.15) is 0 Å². The van der Waals surface area contributed by atoms with E-state index in [1.807, 2.05) is 0 Å². The molecule has 6 nitrogen and oxygen atoms in total. The summed E-state index contributed by atoms with van der Waals surface area (Å²) in [6, 6.07) is 0.163. The zero-order valence-corrected chi connectivity index (χ0v) is 20.0. The van der Waals surface area contributed by atoms with Gasteiger partial charge in [-0.1, -0.05) is 25.7 Å². The van der Waals surface area contributed by atoms with Crippen LogP contribution in [0.2, 0.25) is 0 Å². The average Bonchev–Trinajstić information content (AvgIpc) is 2.88. The Bertz CT molecular complexity index is 857. The topological polar surface area (TPSA) is 92.3 Å². The number of nitrogens with one attached hydrogen (secondary N) is 2. The molecule has 0 aromatic carbocycles. The smallest absolute Gasteiger partial charge is 0.142 e. The van der Waals surface area contributed by atoms with Gasteiger partial charge in [0.25, 0.3) is 0 Å². The van der Waals surface area contributed by atoms with E-state index in [-0.39, 0.29) is 71.5 Å². The molecule has 1 saturated heterocycles. The second-order valence-electron chi connectivity index (χ2n) is 12.6. The third-order valence-corrected chi connectivity index (χ3v) is 11.3. The molecule has 7 aliphatic rings. The van der Waals surface area contributed by atoms with Gasteiger partial charge in [0.05, 0.1) is 0 Å². The summed E-state index contributed by atoms with van der Waals surface area (Å²) in [5.41, 5.74) is 0. The van der Waals surface area contributed by atoms with Crippen molar-refractivity contribution in [3.8, 4) is 0 Å². The molecule has 12 atom stereocenters. The molecule has 12 unspecified atom stereocenters. The van der Waals surface area contributed by atoms with E-state index in [9.17, 15) is 19.2 Å². The lowest BCUT2D eigenvalue weighted by atomic mass is 9.54. The summed E-state index contributed by atoms with van der Waals surface area (Å²) in [6.45, 7) is 0. The van der Waals surface area contributed by atoms with Crippen molar-refractivity contribution < 1.29 is 19.2 Å². The monoisotopic (exact) mass is 466 g/mol. The summed E-state index contributed by atoms with van der Waals surface area (Å²) < 4.78 is 0. The molecule has 6 aliphatic carbocycles. The van der Waals surface area contributed by atoms with Crippen LogP contribution in [0.3, 0.4) is 0 Å². The first-order valence-electron chi connectivity index (χ1n) is 14.2. The maximum atomic E-state index is 13.7. The fraction of sp³-hybridized carbons (Fsp3) is 0.857. The fourth-order valence-electron chi connectivity index (χ4n) is 9.80. The first-order valence-corrected chi connectivity index (χ1v) is 14.2. The van der Waals surface area contributed by atoms with Crippen molar-refractivity contribution in [2.24, 2.45) is 47.3 Å². The van der Waals surface area contributed by atoms with Crippen LogP contribution in [-0.4, -0.2) is 47.3 Å². The van der Waals surface area contributed by atoms with E-state index in [0.29, 0.717) is 23.1 Å². The van der Waals surface area contributed by atoms with Crippen molar-refractivity contribution in [2.45, 2.75) is 101 Å². The van der Waals surface area contributed by atoms with Crippen LogP contribution in [0.15, 0.2) is 0 Å². The Balaban J connectivity index is 1.16. The average molecular weight is 467 g/mol. The molecule has 0 bridgehead atoms. The quantitative estimate of drug-likeness (QED) is 0.570. The molecular weight excluding hydrogens is 428 g/mol. The molecule has 6 saturated carbocycles. The van der Waals surface area contributed by atoms with Crippen molar-refractivity contribution in [1.82, 2.24) is 10.6 Å². The van der Waals surface area contributed by atoms with E-state index in [1.165, 1.54) is 0 Å². The Morgan fingerprint density at radius 3 is 1.15 bits per heavy atom. The molecule has 0 aromatic heterocycles. The van der Waals surface area contributed by atoms with Crippen LogP contribution in [-0.2, 0) is 19.2 Å². The number of Topliss-reactive ketones (excluding diaryl/α,β-unsaturated/α-hetero) is 4. The zero-order valence-electron chi connectivity index (χ0n) is 20.0. The molecule has 2 N–H and O–H groups in total. The van der Waals surface area contributed by atoms with E-state index in [0.717, 1.165) is 77.0 Å². The van der Waals surface area contributed by atoms with Gasteiger partial charge in [-0.05, 0) is 51.4 Å². The van der Waals surface area contributed by atoms with E-state index in [2.05, 4.69) is 10.6 Å². The highest BCUT2D eigenvalue weighted by Gasteiger charge is 2.61. The molecule has 1 aliphatic heterocycles. The highest BCUT2D eigenvalue weighted by atomic mass is 16.2. The van der Waals surface area contributed by atoms with Crippen LogP contribution in [0, 0.1) is 47.3 Å². The summed E-state index contributed by atoms with van der Waals surface area (Å²) in [4.78, 5) is 54.3. The third kappa shape index (κ3) is 3.00. The third-order valence-electron chi connectivity index (χ3n) is 11.3. The maximum Gasteiger partial charge on any atom is 0.142 e. The van der Waals surface area contributed by atoms with Crippen molar-refractivity contribution in [2.75, 3.05) is 0 Å². The molecule has 0 spiro atoms. The van der Waals surface area contributed by atoms with Gasteiger partial charge >= 0.3 is 0 Å². The molecule has 0 amide bonds. The predicted molar refractivity (Wildman–Crippen MR) is 125 cm³/mol. The summed E-state index contributed by atoms with van der Waals surface area (Å²) in [6.07, 6.45) is 11.1. The summed E-state index contributed by atoms with van der Waals surface area (Å²) >= 11 is 0. The number of rotatable bonds is 0. The van der Waals surface area contributed by atoms with Gasteiger partial charge in [0.1, 0.15) is 23.1 Å². The minimum absolute atomic E-state index is 0.0206. The molecule has 0 aromatic rings. The number of fused-ring (bicyclic) bond motifs is 8. The Hall–Kier alpha value is -1.40. The summed E-state index contributed by atoms with van der Waals surface area (Å²) in [5.74, 6) is 0.474. The molecule has 7 rings (SSSR count). The minimum atomic E-state index is -0.219. The number of piperazine rings is 1. The molecule has 0 radical (unpaired) electrons. The maximum absolute atomic E-state index is 13.7. The number of hydrogen-bond donors (Lipinski definition) is 2. The molecule has 7 fully saturated rings. The van der Waals surface area contributed by atoms with Gasteiger partial charge in [0, 0.05) is 71.5 Å². The Morgan fingerprint density at radius 2 is 0.765 bits per heavy atom. The Morgan fingerprint density at radius 1 is 0.412 bits per heavy atom. The lowest BCUT2D eigenvalue weighted by molar-refractivity contribution is -0.157. The van der Waals surface area contributed by atoms with Crippen LogP contribution in [0.4, 0.5) is 0 Å². The minimum Gasteiger partial charge on any atom is -0.307 e. The SMILES string of the molecule is O=C1C2CCCCC2C(=O)C2C1CCC1NC3C(CCC4C(=O)C5CCCCC5C(=O)C43)NC12. The zero-order chi connectivity index (χ0) is 23.1. The second kappa shape index (κ2) is 8.06. The number of carbonyl (C=O) groups is 4. The normalized spacial score (nSPS) is 52.5. The van der Waals surface area contributed by atoms with Crippen molar-refractivity contribution in [1.29, 1.82) is 0 Å². The van der Waals surface area contributed by atoms with Crippen LogP contribution in [0.1, 0.15) is 77.0 Å². The highest BCUT2D eigenvalue weighted by Crippen LogP contribution is 2.50. The Kier molecular flexibility index (Phi) is 5.18. The number of carbonyl (C=O) groups excluding carboxylic acids is 4. The molecular formula is C28H38N2O4. The van der Waals surface area contributed by atoms with Gasteiger partial charge in [-0.25, -0.2) is 0 Å². The van der Waals surface area contributed by atoms with E-state index in [4.69, 9.17) is 0 Å². The van der Waals surface area contributed by atoms with Crippen molar-refractivity contribution >= 4 is 23.1 Å². The second-order valence-corrected chi connectivity index (χ2v) is 12.6. The Labute approximate surface area is 201 Å². The molecule has 34 heavy (non-hydrogen) atoms. The van der Waals surface area contributed by atoms with Crippen LogP contribution in [0.25, 0.3) is 0 Å². The van der Waals surface area contributed by atoms with E-state index < -0.39 is 0 Å². The highest BCUT2D eigenvalue weighted by molar-refractivity contribution is 6.01. The van der Waals surface area contributed by atoms with Gasteiger partial charge < -0.3 is 10.6 Å². The molecule has 1 heterocycles. The van der Waals surface area contributed by atoms with Crippen LogP contribution in [0.5, 0.6) is 0 Å². The lowest BCUT2D eigenvalue weighted by Crippen LogP contribution is -2.76. The predicted octanol–water partition coefficient (Wildman–Crippen LogP) is 2.62. The van der Waals surface area contributed by atoms with Crippen LogP contribution < -0.4 is 10.6 Å². The van der Waals surface area contributed by atoms with Gasteiger partial charge in [-0.3, -0.25) is 19.2 Å². The first-order chi connectivity index (χ1) is 16.5. The van der Waals surface area contributed by atoms with Gasteiger partial charge in [0.2, 0.25) is 0 Å². The van der Waals surface area contributed by atoms with E-state index in [1.54, 1.807) is 0 Å². The number of ketones is 4. The standard InChI is InChI=1S/C28H38N2O4/c31-25-13-5-1-3-7-15(13)27(33)21-17(25)9-11-19-23(21)29-20-12-10-18-22(24(20)30-19)28(34)16-8-4-2-6-14(16)26(18)32/h13-24,29-30H,1-12H2. The van der Waals surface area contributed by atoms with Crippen molar-refractivity contribution in [3.63, 3.8) is 0 Å². The molecule has 6 heteroatoms. The largest absolute Gasteiger partial charge is 0.307 e.